The monoisotopic (exact) mass is 836 g/mol. The van der Waals surface area contributed by atoms with Crippen LogP contribution >= 0.6 is 0 Å². The summed E-state index contributed by atoms with van der Waals surface area (Å²) in [5.41, 5.74) is 0. The average Bonchev–Trinajstić information content (AvgIpc) is 3.19. The second kappa shape index (κ2) is 42.5. The summed E-state index contributed by atoms with van der Waals surface area (Å²) < 4.78 is 22.6. The van der Waals surface area contributed by atoms with E-state index in [-0.39, 0.29) is 38.6 Å². The molecule has 0 rings (SSSR count). The molecule has 0 aromatic rings. The summed E-state index contributed by atoms with van der Waals surface area (Å²) in [7, 11) is 5.91. The van der Waals surface area contributed by atoms with Crippen LogP contribution in [0.5, 0.6) is 0 Å². The summed E-state index contributed by atoms with van der Waals surface area (Å²) in [5.74, 6) is -2.29. The van der Waals surface area contributed by atoms with Crippen molar-refractivity contribution in [3.8, 4) is 0 Å². The first-order valence-electron chi connectivity index (χ1n) is 24.5. The third-order valence-electron chi connectivity index (χ3n) is 10.7. The number of likely N-dealkylation sites (N-methyl/N-ethyl adjacent to an activating group) is 1. The van der Waals surface area contributed by atoms with Gasteiger partial charge in [0, 0.05) is 12.8 Å². The van der Waals surface area contributed by atoms with E-state index in [0.29, 0.717) is 17.4 Å². The van der Waals surface area contributed by atoms with E-state index < -0.39 is 24.3 Å². The molecule has 2 atom stereocenters. The van der Waals surface area contributed by atoms with Gasteiger partial charge in [0.05, 0.1) is 40.3 Å². The van der Waals surface area contributed by atoms with Crippen molar-refractivity contribution in [3.05, 3.63) is 24.3 Å². The lowest BCUT2D eigenvalue weighted by molar-refractivity contribution is -0.870. The smallest absolute Gasteiger partial charge is 0.306 e. The summed E-state index contributed by atoms with van der Waals surface area (Å²) in [4.78, 5) is 37.1. The van der Waals surface area contributed by atoms with Crippen LogP contribution in [0.2, 0.25) is 0 Å². The molecule has 0 N–H and O–H groups in total. The summed E-state index contributed by atoms with van der Waals surface area (Å²) >= 11 is 0. The molecule has 0 aliphatic carbocycles. The largest absolute Gasteiger partial charge is 0.545 e. The van der Waals surface area contributed by atoms with Crippen LogP contribution in [0.25, 0.3) is 0 Å². The van der Waals surface area contributed by atoms with Crippen molar-refractivity contribution >= 4 is 17.9 Å². The number of carbonyl (C=O) groups excluding carboxylic acids is 3. The lowest BCUT2D eigenvalue weighted by Gasteiger charge is -2.26. The Hall–Kier alpha value is -2.23. The minimum atomic E-state index is -1.62. The van der Waals surface area contributed by atoms with Crippen LogP contribution in [-0.2, 0) is 33.3 Å². The highest BCUT2D eigenvalue weighted by atomic mass is 16.7. The number of aliphatic carboxylic acids is 1. The first-order valence-corrected chi connectivity index (χ1v) is 24.5. The van der Waals surface area contributed by atoms with E-state index >= 15 is 0 Å². The lowest BCUT2D eigenvalue weighted by Crippen LogP contribution is -2.44. The number of esters is 2. The van der Waals surface area contributed by atoms with Gasteiger partial charge in [0.15, 0.2) is 12.4 Å². The van der Waals surface area contributed by atoms with Crippen molar-refractivity contribution in [2.75, 3.05) is 47.5 Å². The number of hydrogen-bond donors (Lipinski definition) is 0. The second-order valence-corrected chi connectivity index (χ2v) is 17.7. The van der Waals surface area contributed by atoms with Gasteiger partial charge in [-0.15, -0.1) is 0 Å². The van der Waals surface area contributed by atoms with Crippen LogP contribution in [-0.4, -0.2) is 82.3 Å². The third kappa shape index (κ3) is 43.7. The van der Waals surface area contributed by atoms with Crippen molar-refractivity contribution in [1.29, 1.82) is 0 Å². The van der Waals surface area contributed by atoms with Crippen molar-refractivity contribution in [1.82, 2.24) is 0 Å². The summed E-state index contributed by atoms with van der Waals surface area (Å²) in [6, 6.07) is 0. The molecule has 0 radical (unpaired) electrons. The fourth-order valence-electron chi connectivity index (χ4n) is 6.82. The average molecular weight is 836 g/mol. The maximum Gasteiger partial charge on any atom is 0.306 e. The molecular weight excluding hydrogens is 743 g/mol. The zero-order valence-electron chi connectivity index (χ0n) is 39.1. The highest BCUT2D eigenvalue weighted by Gasteiger charge is 2.21. The topological polar surface area (TPSA) is 111 Å². The SMILES string of the molecule is CCCCCCCC/C=C\CCCCCCCCCC(=O)OCC(COC(OCC[N+](C)(C)C)C(=O)[O-])OC(=O)CCCCCCCCC/C=C\CCCCCCCC. The molecule has 0 aromatic heterocycles. The fraction of sp³-hybridized carbons (Fsp3) is 0.860. The van der Waals surface area contributed by atoms with E-state index in [4.69, 9.17) is 18.9 Å². The second-order valence-electron chi connectivity index (χ2n) is 17.7. The van der Waals surface area contributed by atoms with Gasteiger partial charge in [-0.05, 0) is 64.2 Å². The van der Waals surface area contributed by atoms with Crippen LogP contribution in [0.1, 0.15) is 219 Å². The van der Waals surface area contributed by atoms with Crippen LogP contribution in [0.4, 0.5) is 0 Å². The van der Waals surface area contributed by atoms with Crippen molar-refractivity contribution in [2.24, 2.45) is 0 Å². The van der Waals surface area contributed by atoms with Gasteiger partial charge in [0.25, 0.3) is 0 Å². The van der Waals surface area contributed by atoms with Gasteiger partial charge in [-0.1, -0.05) is 167 Å². The molecule has 0 aromatic carbocycles. The zero-order chi connectivity index (χ0) is 43.5. The van der Waals surface area contributed by atoms with E-state index in [1.54, 1.807) is 0 Å². The van der Waals surface area contributed by atoms with E-state index in [0.717, 1.165) is 44.9 Å². The van der Waals surface area contributed by atoms with Crippen LogP contribution in [0.15, 0.2) is 24.3 Å². The summed E-state index contributed by atoms with van der Waals surface area (Å²) in [6.45, 7) is 4.74. The molecular formula is C50H93NO8. The van der Waals surface area contributed by atoms with E-state index in [2.05, 4.69) is 38.2 Å². The molecule has 9 nitrogen and oxygen atoms in total. The molecule has 9 heteroatoms. The Kier molecular flexibility index (Phi) is 40.9. The Morgan fingerprint density at radius 2 is 0.864 bits per heavy atom. The molecule has 0 saturated carbocycles. The predicted octanol–water partition coefficient (Wildman–Crippen LogP) is 11.9. The Labute approximate surface area is 363 Å². The van der Waals surface area contributed by atoms with Gasteiger partial charge in [-0.25, -0.2) is 0 Å². The molecule has 0 spiro atoms. The Balaban J connectivity index is 4.38. The molecule has 0 aliphatic rings. The standard InChI is InChI=1S/C50H93NO8/c1-6-8-10-12-14-16-18-20-22-24-26-28-30-32-34-36-38-40-47(52)57-44-46(45-58-50(49(54)55)56-43-42-51(3,4)5)59-48(53)41-39-37-35-33-31-29-27-25-23-21-19-17-15-13-11-9-7-2/h20-23,46,50H,6-19,24-45H2,1-5H3/b22-20-,23-21-. The van der Waals surface area contributed by atoms with Crippen molar-refractivity contribution < 1.29 is 42.9 Å². The Morgan fingerprint density at radius 1 is 0.492 bits per heavy atom. The lowest BCUT2D eigenvalue weighted by atomic mass is 10.1. The number of carboxylic acid groups (broad SMARTS) is 1. The third-order valence-corrected chi connectivity index (χ3v) is 10.7. The number of carbonyl (C=O) groups is 3. The number of hydrogen-bond acceptors (Lipinski definition) is 8. The molecule has 2 unspecified atom stereocenters. The molecule has 346 valence electrons. The minimum absolute atomic E-state index is 0.147. The molecule has 0 bridgehead atoms. The van der Waals surface area contributed by atoms with Crippen molar-refractivity contribution in [3.63, 3.8) is 0 Å². The maximum absolute atomic E-state index is 12.8. The van der Waals surface area contributed by atoms with Gasteiger partial charge in [-0.2, -0.15) is 0 Å². The number of carboxylic acids is 1. The van der Waals surface area contributed by atoms with Gasteiger partial charge in [0.2, 0.25) is 0 Å². The maximum atomic E-state index is 12.8. The number of nitrogens with zero attached hydrogens (tertiary/aromatic N) is 1. The first-order chi connectivity index (χ1) is 28.6. The van der Waals surface area contributed by atoms with Crippen molar-refractivity contribution in [2.45, 2.75) is 232 Å². The first kappa shape index (κ1) is 56.8. The number of rotatable bonds is 45. The Morgan fingerprint density at radius 3 is 1.25 bits per heavy atom. The minimum Gasteiger partial charge on any atom is -0.545 e. The Bertz CT molecular complexity index is 1020. The van der Waals surface area contributed by atoms with E-state index in [1.165, 1.54) is 141 Å². The number of quaternary nitrogens is 1. The van der Waals surface area contributed by atoms with Crippen LogP contribution in [0, 0.1) is 0 Å². The number of unbranched alkanes of at least 4 members (excludes halogenated alkanes) is 26. The zero-order valence-corrected chi connectivity index (χ0v) is 39.1. The van der Waals surface area contributed by atoms with Crippen LogP contribution in [0.3, 0.4) is 0 Å². The highest BCUT2D eigenvalue weighted by molar-refractivity contribution is 5.70. The predicted molar refractivity (Wildman–Crippen MR) is 242 cm³/mol. The quantitative estimate of drug-likeness (QED) is 0.0196. The van der Waals surface area contributed by atoms with Gasteiger partial charge in [-0.3, -0.25) is 9.59 Å². The van der Waals surface area contributed by atoms with E-state index in [9.17, 15) is 19.5 Å². The normalized spacial score (nSPS) is 13.0. The molecule has 59 heavy (non-hydrogen) atoms. The molecule has 0 aliphatic heterocycles. The molecule has 0 fully saturated rings. The number of ether oxygens (including phenoxy) is 4. The van der Waals surface area contributed by atoms with Crippen LogP contribution < -0.4 is 5.11 Å². The fourth-order valence-corrected chi connectivity index (χ4v) is 6.82. The highest BCUT2D eigenvalue weighted by Crippen LogP contribution is 2.14. The molecule has 0 saturated heterocycles. The molecule has 0 heterocycles. The summed E-state index contributed by atoms with van der Waals surface area (Å²) in [6.07, 6.45) is 43.4. The number of allylic oxidation sites excluding steroid dienone is 4. The van der Waals surface area contributed by atoms with E-state index in [1.807, 2.05) is 21.1 Å². The van der Waals surface area contributed by atoms with Gasteiger partial charge in [0.1, 0.15) is 13.2 Å². The molecule has 0 amide bonds. The van der Waals surface area contributed by atoms with Gasteiger partial charge < -0.3 is 33.3 Å². The summed E-state index contributed by atoms with van der Waals surface area (Å²) in [5, 5.41) is 11.7. The van der Waals surface area contributed by atoms with Gasteiger partial charge >= 0.3 is 11.9 Å².